The van der Waals surface area contributed by atoms with Gasteiger partial charge in [-0.2, -0.15) is 0 Å². The summed E-state index contributed by atoms with van der Waals surface area (Å²) in [5.74, 6) is 0.510. The molecule has 1 aromatic rings. The fourth-order valence-electron chi connectivity index (χ4n) is 2.37. The van der Waals surface area contributed by atoms with Crippen molar-refractivity contribution >= 4 is 17.7 Å². The molecule has 3 nitrogen and oxygen atoms in total. The lowest BCUT2D eigenvalue weighted by Crippen LogP contribution is -2.15. The lowest BCUT2D eigenvalue weighted by molar-refractivity contribution is 0.0600. The van der Waals surface area contributed by atoms with Crippen LogP contribution in [0.1, 0.15) is 43.0 Å². The van der Waals surface area contributed by atoms with Gasteiger partial charge in [-0.05, 0) is 30.9 Å². The largest absolute Gasteiger partial charge is 0.465 e. The standard InChI is InChI=1S/C14H19NO2S/c1-10-4-3-5-12(8-10)18-13-9-11(6-7-15-13)14(16)17-2/h6-7,9-10,12H,3-5,8H2,1-2H3. The number of hydrogen-bond donors (Lipinski definition) is 0. The van der Waals surface area contributed by atoms with Crippen LogP contribution in [0.2, 0.25) is 0 Å². The first kappa shape index (κ1) is 13.4. The van der Waals surface area contributed by atoms with E-state index in [1.54, 1.807) is 24.0 Å². The Bertz CT molecular complexity index is 422. The van der Waals surface area contributed by atoms with Crippen LogP contribution in [-0.2, 0) is 4.74 Å². The second-order valence-corrected chi connectivity index (χ2v) is 6.21. The third-order valence-corrected chi connectivity index (χ3v) is 4.56. The van der Waals surface area contributed by atoms with Gasteiger partial charge in [0.15, 0.2) is 0 Å². The molecule has 2 atom stereocenters. The molecule has 1 aromatic heterocycles. The fourth-order valence-corrected chi connectivity index (χ4v) is 3.74. The molecule has 0 N–H and O–H groups in total. The van der Waals surface area contributed by atoms with E-state index in [9.17, 15) is 4.79 Å². The number of ether oxygens (including phenoxy) is 1. The summed E-state index contributed by atoms with van der Waals surface area (Å²) in [5.41, 5.74) is 0.582. The number of thioether (sulfide) groups is 1. The van der Waals surface area contributed by atoms with Gasteiger partial charge >= 0.3 is 5.97 Å². The Labute approximate surface area is 112 Å². The van der Waals surface area contributed by atoms with Gasteiger partial charge in [0.05, 0.1) is 17.7 Å². The average Bonchev–Trinajstić information content (AvgIpc) is 2.38. The molecule has 1 fully saturated rings. The molecule has 2 unspecified atom stereocenters. The highest BCUT2D eigenvalue weighted by Gasteiger charge is 2.20. The first-order valence-corrected chi connectivity index (χ1v) is 7.28. The van der Waals surface area contributed by atoms with E-state index in [1.807, 2.05) is 6.07 Å². The Morgan fingerprint density at radius 2 is 2.33 bits per heavy atom. The van der Waals surface area contributed by atoms with Crippen LogP contribution in [0.15, 0.2) is 23.4 Å². The predicted octanol–water partition coefficient (Wildman–Crippen LogP) is 3.54. The molecule has 0 bridgehead atoms. The number of aromatic nitrogens is 1. The molecule has 0 aromatic carbocycles. The van der Waals surface area contributed by atoms with E-state index in [0.717, 1.165) is 10.9 Å². The van der Waals surface area contributed by atoms with Crippen molar-refractivity contribution < 1.29 is 9.53 Å². The third kappa shape index (κ3) is 3.48. The van der Waals surface area contributed by atoms with Gasteiger partial charge in [-0.15, -0.1) is 11.8 Å². The van der Waals surface area contributed by atoms with Crippen molar-refractivity contribution in [1.82, 2.24) is 4.98 Å². The van der Waals surface area contributed by atoms with Gasteiger partial charge in [0, 0.05) is 11.4 Å². The van der Waals surface area contributed by atoms with Gasteiger partial charge < -0.3 is 4.74 Å². The predicted molar refractivity (Wildman–Crippen MR) is 72.9 cm³/mol. The number of pyridine rings is 1. The number of hydrogen-bond acceptors (Lipinski definition) is 4. The van der Waals surface area contributed by atoms with Crippen LogP contribution >= 0.6 is 11.8 Å². The van der Waals surface area contributed by atoms with Crippen molar-refractivity contribution in [3.63, 3.8) is 0 Å². The van der Waals surface area contributed by atoms with Crippen LogP contribution in [0.3, 0.4) is 0 Å². The molecular formula is C14H19NO2S. The summed E-state index contributed by atoms with van der Waals surface area (Å²) >= 11 is 1.79. The van der Waals surface area contributed by atoms with E-state index in [-0.39, 0.29) is 5.97 Å². The van der Waals surface area contributed by atoms with Crippen molar-refractivity contribution in [2.75, 3.05) is 7.11 Å². The molecule has 0 spiro atoms. The Morgan fingerprint density at radius 1 is 1.50 bits per heavy atom. The molecular weight excluding hydrogens is 246 g/mol. The molecule has 1 aliphatic rings. The van der Waals surface area contributed by atoms with Gasteiger partial charge in [0.1, 0.15) is 0 Å². The molecule has 0 amide bonds. The molecule has 0 radical (unpaired) electrons. The van der Waals surface area contributed by atoms with Gasteiger partial charge in [-0.1, -0.05) is 19.8 Å². The number of carbonyl (C=O) groups excluding carboxylic acids is 1. The monoisotopic (exact) mass is 265 g/mol. The van der Waals surface area contributed by atoms with Crippen LogP contribution in [0.25, 0.3) is 0 Å². The molecule has 18 heavy (non-hydrogen) atoms. The number of esters is 1. The van der Waals surface area contributed by atoms with Crippen LogP contribution in [0.4, 0.5) is 0 Å². The Kier molecular flexibility index (Phi) is 4.64. The number of carbonyl (C=O) groups is 1. The smallest absolute Gasteiger partial charge is 0.337 e. The van der Waals surface area contributed by atoms with Gasteiger partial charge in [0.25, 0.3) is 0 Å². The zero-order valence-corrected chi connectivity index (χ0v) is 11.7. The second-order valence-electron chi connectivity index (χ2n) is 4.89. The highest BCUT2D eigenvalue weighted by molar-refractivity contribution is 7.99. The fraction of sp³-hybridized carbons (Fsp3) is 0.571. The zero-order valence-electron chi connectivity index (χ0n) is 10.9. The minimum Gasteiger partial charge on any atom is -0.465 e. The highest BCUT2D eigenvalue weighted by atomic mass is 32.2. The molecule has 1 saturated carbocycles. The molecule has 1 aliphatic carbocycles. The average molecular weight is 265 g/mol. The van der Waals surface area contributed by atoms with Crippen molar-refractivity contribution in [1.29, 1.82) is 0 Å². The van der Waals surface area contributed by atoms with E-state index in [4.69, 9.17) is 4.74 Å². The maximum Gasteiger partial charge on any atom is 0.337 e. The molecule has 4 heteroatoms. The highest BCUT2D eigenvalue weighted by Crippen LogP contribution is 2.35. The zero-order chi connectivity index (χ0) is 13.0. The summed E-state index contributed by atoms with van der Waals surface area (Å²) in [7, 11) is 1.40. The molecule has 0 saturated heterocycles. The van der Waals surface area contributed by atoms with Crippen molar-refractivity contribution in [2.45, 2.75) is 42.9 Å². The van der Waals surface area contributed by atoms with E-state index in [2.05, 4.69) is 11.9 Å². The number of rotatable bonds is 3. The molecule has 2 rings (SSSR count). The van der Waals surface area contributed by atoms with Gasteiger partial charge in [-0.25, -0.2) is 9.78 Å². The van der Waals surface area contributed by atoms with E-state index in [1.165, 1.54) is 32.8 Å². The molecule has 98 valence electrons. The van der Waals surface area contributed by atoms with E-state index >= 15 is 0 Å². The van der Waals surface area contributed by atoms with Crippen LogP contribution in [0.5, 0.6) is 0 Å². The Morgan fingerprint density at radius 3 is 3.06 bits per heavy atom. The Balaban J connectivity index is 2.02. The SMILES string of the molecule is COC(=O)c1ccnc(SC2CCCC(C)C2)c1. The quantitative estimate of drug-likeness (QED) is 0.784. The Hall–Kier alpha value is -1.03. The van der Waals surface area contributed by atoms with Crippen LogP contribution in [0, 0.1) is 5.92 Å². The van der Waals surface area contributed by atoms with Crippen molar-refractivity contribution in [2.24, 2.45) is 5.92 Å². The maximum atomic E-state index is 11.5. The number of nitrogens with zero attached hydrogens (tertiary/aromatic N) is 1. The van der Waals surface area contributed by atoms with Crippen molar-refractivity contribution in [3.8, 4) is 0 Å². The first-order valence-electron chi connectivity index (χ1n) is 6.40. The summed E-state index contributed by atoms with van der Waals surface area (Å²) in [4.78, 5) is 15.8. The third-order valence-electron chi connectivity index (χ3n) is 3.33. The number of methoxy groups -OCH3 is 1. The molecule has 0 aliphatic heterocycles. The minimum atomic E-state index is -0.295. The minimum absolute atomic E-state index is 0.295. The topological polar surface area (TPSA) is 39.2 Å². The normalized spacial score (nSPS) is 23.7. The van der Waals surface area contributed by atoms with Crippen molar-refractivity contribution in [3.05, 3.63) is 23.9 Å². The van der Waals surface area contributed by atoms with Crippen LogP contribution in [-0.4, -0.2) is 23.3 Å². The van der Waals surface area contributed by atoms with E-state index in [0.29, 0.717) is 10.8 Å². The van der Waals surface area contributed by atoms with E-state index < -0.39 is 0 Å². The molecule has 1 heterocycles. The summed E-state index contributed by atoms with van der Waals surface area (Å²) in [6, 6.07) is 3.52. The summed E-state index contributed by atoms with van der Waals surface area (Å²) < 4.78 is 4.72. The lowest BCUT2D eigenvalue weighted by atomic mass is 9.91. The first-order chi connectivity index (χ1) is 8.69. The summed E-state index contributed by atoms with van der Waals surface area (Å²) in [5, 5.41) is 1.56. The lowest BCUT2D eigenvalue weighted by Gasteiger charge is -2.25. The van der Waals surface area contributed by atoms with Gasteiger partial charge in [-0.3, -0.25) is 0 Å². The summed E-state index contributed by atoms with van der Waals surface area (Å²) in [6.07, 6.45) is 6.82. The second kappa shape index (κ2) is 6.23. The maximum absolute atomic E-state index is 11.5. The van der Waals surface area contributed by atoms with Gasteiger partial charge in [0.2, 0.25) is 0 Å². The summed E-state index contributed by atoms with van der Waals surface area (Å²) in [6.45, 7) is 2.31. The van der Waals surface area contributed by atoms with Crippen LogP contribution < -0.4 is 0 Å².